The Hall–Kier alpha value is -4.92. The number of amides is 1. The molecule has 1 amide bonds. The minimum Gasteiger partial charge on any atom is -0.463 e. The van der Waals surface area contributed by atoms with Crippen molar-refractivity contribution in [2.24, 2.45) is 0 Å². The van der Waals surface area contributed by atoms with Crippen molar-refractivity contribution < 1.29 is 9.21 Å². The van der Waals surface area contributed by atoms with E-state index in [0.29, 0.717) is 27.9 Å². The highest BCUT2D eigenvalue weighted by Crippen LogP contribution is 2.27. The molecule has 0 aliphatic heterocycles. The summed E-state index contributed by atoms with van der Waals surface area (Å²) in [7, 11) is 1.45. The van der Waals surface area contributed by atoms with Crippen molar-refractivity contribution >= 4 is 28.3 Å². The van der Waals surface area contributed by atoms with Gasteiger partial charge in [0.1, 0.15) is 11.5 Å². The van der Waals surface area contributed by atoms with Crippen LogP contribution >= 0.6 is 0 Å². The Labute approximate surface area is 199 Å². The molecule has 2 aromatic carbocycles. The van der Waals surface area contributed by atoms with Crippen LogP contribution in [-0.2, 0) is 6.54 Å². The molecule has 0 unspecified atom stereocenters. The Balaban J connectivity index is 1.62. The fourth-order valence-electron chi connectivity index (χ4n) is 4.01. The molecule has 0 radical (unpaired) electrons. The number of benzene rings is 2. The second-order valence-corrected chi connectivity index (χ2v) is 7.98. The zero-order valence-corrected chi connectivity index (χ0v) is 18.8. The van der Waals surface area contributed by atoms with Crippen LogP contribution in [0.3, 0.4) is 0 Å². The third-order valence-electron chi connectivity index (χ3n) is 5.76. The third-order valence-corrected chi connectivity index (χ3v) is 5.76. The summed E-state index contributed by atoms with van der Waals surface area (Å²) < 4.78 is 6.70. The van der Waals surface area contributed by atoms with Crippen LogP contribution < -0.4 is 21.9 Å². The van der Waals surface area contributed by atoms with Crippen molar-refractivity contribution in [3.05, 3.63) is 111 Å². The summed E-state index contributed by atoms with van der Waals surface area (Å²) in [4.78, 5) is 47.1. The minimum atomic E-state index is -0.753. The number of aromatic amines is 1. The number of para-hydroxylation sites is 1. The molecule has 0 aliphatic rings. The molecule has 9 nitrogen and oxygen atoms in total. The van der Waals surface area contributed by atoms with Gasteiger partial charge in [-0.15, -0.1) is 0 Å². The summed E-state index contributed by atoms with van der Waals surface area (Å²) in [5.74, 6) is -0.0946. The maximum absolute atomic E-state index is 13.7. The quantitative estimate of drug-likeness (QED) is 0.408. The van der Waals surface area contributed by atoms with Gasteiger partial charge in [-0.25, -0.2) is 9.78 Å². The molecule has 3 aromatic heterocycles. The SMILES string of the molecule is CN(C(=O)c1cc(-c2ccco2)nc2ccccc12)c1c(N)n(Cc2ccccc2)c(=O)[nH]c1=O. The van der Waals surface area contributed by atoms with Crippen LogP contribution in [0.15, 0.2) is 93.1 Å². The van der Waals surface area contributed by atoms with E-state index in [2.05, 4.69) is 9.97 Å². The highest BCUT2D eigenvalue weighted by atomic mass is 16.3. The van der Waals surface area contributed by atoms with Crippen LogP contribution in [0.4, 0.5) is 11.5 Å². The summed E-state index contributed by atoms with van der Waals surface area (Å²) >= 11 is 0. The maximum atomic E-state index is 13.7. The van der Waals surface area contributed by atoms with E-state index in [9.17, 15) is 14.4 Å². The first-order valence-electron chi connectivity index (χ1n) is 10.8. The van der Waals surface area contributed by atoms with Crippen molar-refractivity contribution in [1.82, 2.24) is 14.5 Å². The molecule has 5 rings (SSSR count). The van der Waals surface area contributed by atoms with E-state index >= 15 is 0 Å². The van der Waals surface area contributed by atoms with E-state index in [1.807, 2.05) is 36.4 Å². The van der Waals surface area contributed by atoms with Crippen LogP contribution in [0.25, 0.3) is 22.4 Å². The maximum Gasteiger partial charge on any atom is 0.330 e. The number of nitrogens with one attached hydrogen (secondary N) is 1. The molecule has 0 bridgehead atoms. The van der Waals surface area contributed by atoms with Crippen molar-refractivity contribution in [3.63, 3.8) is 0 Å². The van der Waals surface area contributed by atoms with Gasteiger partial charge in [-0.2, -0.15) is 0 Å². The van der Waals surface area contributed by atoms with E-state index in [1.165, 1.54) is 17.9 Å². The largest absolute Gasteiger partial charge is 0.463 e. The number of nitrogens with zero attached hydrogens (tertiary/aromatic N) is 3. The number of anilines is 2. The number of hydrogen-bond acceptors (Lipinski definition) is 6. The summed E-state index contributed by atoms with van der Waals surface area (Å²) in [5.41, 5.74) is 6.95. The Bertz CT molecular complexity index is 1650. The van der Waals surface area contributed by atoms with Gasteiger partial charge in [0.25, 0.3) is 11.5 Å². The van der Waals surface area contributed by atoms with Gasteiger partial charge in [-0.05, 0) is 29.8 Å². The second kappa shape index (κ2) is 8.79. The molecule has 174 valence electrons. The van der Waals surface area contributed by atoms with Crippen LogP contribution in [0.1, 0.15) is 15.9 Å². The molecule has 5 aromatic rings. The zero-order chi connectivity index (χ0) is 24.5. The highest BCUT2D eigenvalue weighted by molar-refractivity contribution is 6.14. The first-order valence-corrected chi connectivity index (χ1v) is 10.8. The average Bonchev–Trinajstić information content (AvgIpc) is 3.41. The summed E-state index contributed by atoms with van der Waals surface area (Å²) in [6.45, 7) is 0.137. The Morgan fingerprint density at radius 1 is 1.06 bits per heavy atom. The molecule has 0 fully saturated rings. The van der Waals surface area contributed by atoms with Gasteiger partial charge in [0.2, 0.25) is 0 Å². The minimum absolute atomic E-state index is 0.108. The lowest BCUT2D eigenvalue weighted by molar-refractivity contribution is 0.0994. The number of fused-ring (bicyclic) bond motifs is 1. The highest BCUT2D eigenvalue weighted by Gasteiger charge is 2.24. The molecular formula is C26H21N5O4. The van der Waals surface area contributed by atoms with Crippen molar-refractivity contribution in [2.75, 3.05) is 17.7 Å². The monoisotopic (exact) mass is 467 g/mol. The number of hydrogen-bond donors (Lipinski definition) is 2. The molecule has 3 N–H and O–H groups in total. The molecule has 0 saturated carbocycles. The number of nitrogen functional groups attached to an aromatic ring is 1. The van der Waals surface area contributed by atoms with E-state index in [0.717, 1.165) is 10.5 Å². The number of carbonyl (C=O) groups excluding carboxylic acids is 1. The molecule has 0 atom stereocenters. The number of pyridine rings is 1. The van der Waals surface area contributed by atoms with Crippen LogP contribution in [0.5, 0.6) is 0 Å². The van der Waals surface area contributed by atoms with E-state index in [-0.39, 0.29) is 18.1 Å². The second-order valence-electron chi connectivity index (χ2n) is 7.98. The molecule has 0 spiro atoms. The van der Waals surface area contributed by atoms with Gasteiger partial charge in [-0.3, -0.25) is 19.1 Å². The third kappa shape index (κ3) is 3.99. The van der Waals surface area contributed by atoms with Gasteiger partial charge in [0.15, 0.2) is 11.4 Å². The molecular weight excluding hydrogens is 446 g/mol. The number of furan rings is 1. The number of aromatic nitrogens is 3. The number of nitrogens with two attached hydrogens (primary N) is 1. The van der Waals surface area contributed by atoms with E-state index in [1.54, 1.807) is 36.4 Å². The summed E-state index contributed by atoms with van der Waals surface area (Å²) in [6.07, 6.45) is 1.52. The van der Waals surface area contributed by atoms with Gasteiger partial charge in [0.05, 0.1) is 23.9 Å². The van der Waals surface area contributed by atoms with Gasteiger partial charge < -0.3 is 15.1 Å². The summed E-state index contributed by atoms with van der Waals surface area (Å²) in [5, 5.41) is 0.604. The fraction of sp³-hybridized carbons (Fsp3) is 0.0769. The Morgan fingerprint density at radius 3 is 2.54 bits per heavy atom. The predicted octanol–water partition coefficient (Wildman–Crippen LogP) is 3.25. The average molecular weight is 467 g/mol. The lowest BCUT2D eigenvalue weighted by Gasteiger charge is -2.21. The topological polar surface area (TPSA) is 127 Å². The van der Waals surface area contributed by atoms with Crippen LogP contribution in [0.2, 0.25) is 0 Å². The van der Waals surface area contributed by atoms with Crippen molar-refractivity contribution in [1.29, 1.82) is 0 Å². The van der Waals surface area contributed by atoms with E-state index < -0.39 is 17.2 Å². The molecule has 0 saturated heterocycles. The lowest BCUT2D eigenvalue weighted by Crippen LogP contribution is -2.39. The van der Waals surface area contributed by atoms with Gasteiger partial charge in [-0.1, -0.05) is 48.5 Å². The van der Waals surface area contributed by atoms with E-state index in [4.69, 9.17) is 10.2 Å². The van der Waals surface area contributed by atoms with Gasteiger partial charge >= 0.3 is 5.69 Å². The van der Waals surface area contributed by atoms with Crippen LogP contribution in [0, 0.1) is 0 Å². The molecule has 0 aliphatic carbocycles. The molecule has 3 heterocycles. The summed E-state index contributed by atoms with van der Waals surface area (Å²) in [6, 6.07) is 21.5. The number of H-pyrrole nitrogens is 1. The lowest BCUT2D eigenvalue weighted by atomic mass is 10.1. The van der Waals surface area contributed by atoms with Crippen molar-refractivity contribution in [2.45, 2.75) is 6.54 Å². The normalized spacial score (nSPS) is 11.0. The standard InChI is InChI=1S/C26H21N5O4/c1-30(22-23(27)31(26(34)29-24(22)32)15-16-8-3-2-4-9-16)25(33)18-14-20(21-12-7-13-35-21)28-19-11-6-5-10-17(18)19/h2-14H,15,27H2,1H3,(H,29,32,34). The molecule has 35 heavy (non-hydrogen) atoms. The zero-order valence-electron chi connectivity index (χ0n) is 18.8. The Kier molecular flexibility index (Phi) is 5.50. The fourth-order valence-corrected chi connectivity index (χ4v) is 4.01. The number of rotatable bonds is 5. The predicted molar refractivity (Wildman–Crippen MR) is 133 cm³/mol. The first kappa shape index (κ1) is 21.9. The molecule has 9 heteroatoms. The number of carbonyl (C=O) groups is 1. The van der Waals surface area contributed by atoms with Crippen molar-refractivity contribution in [3.8, 4) is 11.5 Å². The first-order chi connectivity index (χ1) is 16.9. The Morgan fingerprint density at radius 2 is 1.80 bits per heavy atom. The smallest absolute Gasteiger partial charge is 0.330 e. The van der Waals surface area contributed by atoms with Crippen LogP contribution in [-0.4, -0.2) is 27.5 Å². The van der Waals surface area contributed by atoms with Gasteiger partial charge in [0, 0.05) is 12.4 Å².